The van der Waals surface area contributed by atoms with Crippen LogP contribution in [0.3, 0.4) is 0 Å². The van der Waals surface area contributed by atoms with E-state index in [1.54, 1.807) is 0 Å². The Hall–Kier alpha value is -4.86. The fraction of sp³-hybridized carbons (Fsp3) is 0.0270. The van der Waals surface area contributed by atoms with Gasteiger partial charge in [-0.15, -0.1) is 11.3 Å². The van der Waals surface area contributed by atoms with Crippen LogP contribution in [-0.2, 0) is 0 Å². The van der Waals surface area contributed by atoms with Gasteiger partial charge in [0.15, 0.2) is 0 Å². The van der Waals surface area contributed by atoms with Crippen molar-refractivity contribution in [1.29, 1.82) is 0 Å². The molecule has 8 aromatic rings. The van der Waals surface area contributed by atoms with Gasteiger partial charge in [-0.25, -0.2) is 0 Å². The zero-order chi connectivity index (χ0) is 26.8. The van der Waals surface area contributed by atoms with E-state index in [4.69, 9.17) is 0 Å². The van der Waals surface area contributed by atoms with Crippen LogP contribution in [0.2, 0.25) is 0 Å². The molecule has 0 saturated heterocycles. The topological polar surface area (TPSA) is 9.86 Å². The highest BCUT2D eigenvalue weighted by Gasteiger charge is 2.18. The first kappa shape index (κ1) is 23.1. The standard InChI is InChI=1S/C37H26N2S/c1-3-4-14-27-24(2)40-37-21-26(19-20-30(27)37)39-34-18-11-9-16-29(34)32-22-31-28-15-8-10-17-33(28)38(35(31)23-36(32)39)25-12-6-5-7-13-25/h3-23H,1H2,2H3/b14-4-. The van der Waals surface area contributed by atoms with Gasteiger partial charge in [0.1, 0.15) is 0 Å². The van der Waals surface area contributed by atoms with Gasteiger partial charge in [-0.2, -0.15) is 0 Å². The third-order valence-electron chi connectivity index (χ3n) is 8.04. The summed E-state index contributed by atoms with van der Waals surface area (Å²) in [5.41, 5.74) is 8.51. The molecule has 0 amide bonds. The molecule has 0 N–H and O–H groups in total. The summed E-state index contributed by atoms with van der Waals surface area (Å²) < 4.78 is 6.13. The Kier molecular flexibility index (Phi) is 5.10. The maximum Gasteiger partial charge on any atom is 0.0562 e. The van der Waals surface area contributed by atoms with Gasteiger partial charge in [-0.1, -0.05) is 85.5 Å². The fourth-order valence-electron chi connectivity index (χ4n) is 6.30. The van der Waals surface area contributed by atoms with E-state index in [9.17, 15) is 0 Å². The quantitative estimate of drug-likeness (QED) is 0.200. The Morgan fingerprint density at radius 1 is 0.575 bits per heavy atom. The molecule has 3 heteroatoms. The molecule has 0 radical (unpaired) electrons. The highest BCUT2D eigenvalue weighted by Crippen LogP contribution is 2.40. The molecule has 5 aromatic carbocycles. The van der Waals surface area contributed by atoms with E-state index in [0.717, 1.165) is 0 Å². The largest absolute Gasteiger partial charge is 0.309 e. The van der Waals surface area contributed by atoms with Gasteiger partial charge in [0.05, 0.1) is 22.1 Å². The summed E-state index contributed by atoms with van der Waals surface area (Å²) in [6.45, 7) is 6.05. The van der Waals surface area contributed by atoms with Crippen molar-refractivity contribution >= 4 is 71.1 Å². The third-order valence-corrected chi connectivity index (χ3v) is 9.12. The molecule has 0 bridgehead atoms. The normalized spacial score (nSPS) is 12.1. The van der Waals surface area contributed by atoms with Crippen LogP contribution in [0, 0.1) is 6.92 Å². The number of hydrogen-bond donors (Lipinski definition) is 0. The minimum absolute atomic E-state index is 1.17. The summed E-state index contributed by atoms with van der Waals surface area (Å²) in [5, 5.41) is 6.38. The first-order chi connectivity index (χ1) is 19.7. The van der Waals surface area contributed by atoms with Crippen molar-refractivity contribution < 1.29 is 0 Å². The maximum atomic E-state index is 3.85. The number of nitrogens with zero attached hydrogens (tertiary/aromatic N) is 2. The van der Waals surface area contributed by atoms with Gasteiger partial charge < -0.3 is 9.13 Å². The van der Waals surface area contributed by atoms with Crippen LogP contribution in [-0.4, -0.2) is 9.13 Å². The Morgan fingerprint density at radius 2 is 1.20 bits per heavy atom. The number of para-hydroxylation sites is 3. The van der Waals surface area contributed by atoms with Crippen LogP contribution in [0.4, 0.5) is 0 Å². The van der Waals surface area contributed by atoms with Crippen LogP contribution in [0.25, 0.3) is 71.1 Å². The zero-order valence-electron chi connectivity index (χ0n) is 22.1. The molecule has 0 aliphatic carbocycles. The lowest BCUT2D eigenvalue weighted by atomic mass is 10.1. The molecule has 0 spiro atoms. The van der Waals surface area contributed by atoms with Crippen molar-refractivity contribution in [2.75, 3.05) is 0 Å². The number of aromatic nitrogens is 2. The van der Waals surface area contributed by atoms with Gasteiger partial charge in [0.25, 0.3) is 0 Å². The molecular formula is C37H26N2S. The highest BCUT2D eigenvalue weighted by atomic mass is 32.1. The monoisotopic (exact) mass is 530 g/mol. The minimum atomic E-state index is 1.17. The van der Waals surface area contributed by atoms with E-state index < -0.39 is 0 Å². The number of hydrogen-bond acceptors (Lipinski definition) is 1. The molecule has 40 heavy (non-hydrogen) atoms. The zero-order valence-corrected chi connectivity index (χ0v) is 23.0. The summed E-state index contributed by atoms with van der Waals surface area (Å²) >= 11 is 1.85. The second-order valence-electron chi connectivity index (χ2n) is 10.3. The number of allylic oxidation sites excluding steroid dienone is 2. The molecule has 8 rings (SSSR count). The maximum absolute atomic E-state index is 3.85. The molecule has 0 aliphatic heterocycles. The molecule has 3 heterocycles. The Bertz CT molecular complexity index is 2290. The number of fused-ring (bicyclic) bond motifs is 7. The van der Waals surface area contributed by atoms with Gasteiger partial charge >= 0.3 is 0 Å². The van der Waals surface area contributed by atoms with E-state index in [0.29, 0.717) is 0 Å². The van der Waals surface area contributed by atoms with Gasteiger partial charge in [0, 0.05) is 47.9 Å². The van der Waals surface area contributed by atoms with Crippen LogP contribution in [0.5, 0.6) is 0 Å². The minimum Gasteiger partial charge on any atom is -0.309 e. The second kappa shape index (κ2) is 8.84. The molecule has 0 fully saturated rings. The van der Waals surface area contributed by atoms with Crippen LogP contribution in [0.1, 0.15) is 10.4 Å². The van der Waals surface area contributed by atoms with Gasteiger partial charge in [0.2, 0.25) is 0 Å². The molecular weight excluding hydrogens is 504 g/mol. The summed E-state index contributed by atoms with van der Waals surface area (Å²) in [7, 11) is 0. The van der Waals surface area contributed by atoms with E-state index in [2.05, 4.69) is 138 Å². The number of rotatable bonds is 4. The van der Waals surface area contributed by atoms with Crippen molar-refractivity contribution in [3.05, 3.63) is 138 Å². The van der Waals surface area contributed by atoms with Crippen molar-refractivity contribution in [2.45, 2.75) is 6.92 Å². The van der Waals surface area contributed by atoms with Gasteiger partial charge in [-0.3, -0.25) is 0 Å². The summed E-state index contributed by atoms with van der Waals surface area (Å²) in [4.78, 5) is 1.32. The van der Waals surface area contributed by atoms with Crippen molar-refractivity contribution in [3.63, 3.8) is 0 Å². The average molecular weight is 531 g/mol. The molecule has 0 unspecified atom stereocenters. The Balaban J connectivity index is 1.48. The molecule has 2 nitrogen and oxygen atoms in total. The average Bonchev–Trinajstić information content (AvgIpc) is 3.61. The first-order valence-electron chi connectivity index (χ1n) is 13.6. The summed E-state index contributed by atoms with van der Waals surface area (Å²) in [6.07, 6.45) is 6.03. The van der Waals surface area contributed by atoms with Crippen LogP contribution >= 0.6 is 11.3 Å². The lowest BCUT2D eigenvalue weighted by Crippen LogP contribution is -1.95. The van der Waals surface area contributed by atoms with E-state index in [-0.39, 0.29) is 0 Å². The van der Waals surface area contributed by atoms with E-state index >= 15 is 0 Å². The molecule has 0 saturated carbocycles. The predicted molar refractivity (Wildman–Crippen MR) is 174 cm³/mol. The molecule has 0 atom stereocenters. The van der Waals surface area contributed by atoms with Crippen molar-refractivity contribution in [2.24, 2.45) is 0 Å². The van der Waals surface area contributed by atoms with Crippen molar-refractivity contribution in [3.8, 4) is 11.4 Å². The lowest BCUT2D eigenvalue weighted by molar-refractivity contribution is 1.17. The fourth-order valence-corrected chi connectivity index (χ4v) is 7.39. The predicted octanol–water partition coefficient (Wildman–Crippen LogP) is 10.6. The Morgan fingerprint density at radius 3 is 1.88 bits per heavy atom. The van der Waals surface area contributed by atoms with Crippen LogP contribution < -0.4 is 0 Å². The summed E-state index contributed by atoms with van der Waals surface area (Å²) in [6, 6.07) is 39.9. The highest BCUT2D eigenvalue weighted by molar-refractivity contribution is 7.19. The first-order valence-corrected chi connectivity index (χ1v) is 14.4. The van der Waals surface area contributed by atoms with Crippen molar-refractivity contribution in [1.82, 2.24) is 9.13 Å². The third kappa shape index (κ3) is 3.28. The lowest BCUT2D eigenvalue weighted by Gasteiger charge is -2.10. The smallest absolute Gasteiger partial charge is 0.0562 e. The van der Waals surface area contributed by atoms with Crippen LogP contribution in [0.15, 0.2) is 128 Å². The Labute approximate surface area is 236 Å². The second-order valence-corrected chi connectivity index (χ2v) is 11.5. The molecule has 3 aromatic heterocycles. The van der Waals surface area contributed by atoms with E-state index in [1.165, 1.54) is 75.5 Å². The number of aryl methyl sites for hydroxylation is 1. The summed E-state index contributed by atoms with van der Waals surface area (Å²) in [5.74, 6) is 0. The number of benzene rings is 5. The molecule has 190 valence electrons. The van der Waals surface area contributed by atoms with E-state index in [1.807, 2.05) is 23.5 Å². The molecule has 0 aliphatic rings. The number of thiophene rings is 1. The SMILES string of the molecule is C=C/C=C\c1c(C)sc2cc(-n3c4ccccc4c4cc5c6ccccc6n(-c6ccccc6)c5cc43)ccc12. The van der Waals surface area contributed by atoms with Gasteiger partial charge in [-0.05, 0) is 61.0 Å².